The first kappa shape index (κ1) is 33.1. The summed E-state index contributed by atoms with van der Waals surface area (Å²) < 4.78 is 27.8. The van der Waals surface area contributed by atoms with Crippen molar-refractivity contribution >= 4 is 46.4 Å². The average Bonchev–Trinajstić information content (AvgIpc) is 3.79. The largest absolute Gasteiger partial charge is 0.342 e. The minimum atomic E-state index is -1.19. The molecule has 0 spiro atoms. The van der Waals surface area contributed by atoms with Gasteiger partial charge in [-0.3, -0.25) is 0 Å². The van der Waals surface area contributed by atoms with E-state index in [-0.39, 0.29) is 12.2 Å². The van der Waals surface area contributed by atoms with Gasteiger partial charge in [-0.1, -0.05) is 79.2 Å². The van der Waals surface area contributed by atoms with Crippen LogP contribution in [0.2, 0.25) is 20.1 Å². The van der Waals surface area contributed by atoms with E-state index >= 15 is 0 Å². The Balaban J connectivity index is 0.000000175. The fraction of sp³-hybridized carbons (Fsp3) is 0.467. The van der Waals surface area contributed by atoms with Crippen LogP contribution in [0, 0.1) is 6.92 Å². The van der Waals surface area contributed by atoms with Gasteiger partial charge in [-0.05, 0) is 50.1 Å². The Labute approximate surface area is 276 Å². The lowest BCUT2D eigenvalue weighted by Gasteiger charge is -2.29. The molecule has 2 aromatic heterocycles. The monoisotopic (exact) mass is 682 g/mol. The lowest BCUT2D eigenvalue weighted by atomic mass is 10.1. The molecule has 2 fully saturated rings. The molecule has 2 aromatic carbocycles. The van der Waals surface area contributed by atoms with Crippen LogP contribution >= 0.6 is 46.4 Å². The summed E-state index contributed by atoms with van der Waals surface area (Å²) in [4.78, 5) is 8.14. The van der Waals surface area contributed by atoms with Crippen molar-refractivity contribution in [1.82, 2.24) is 29.5 Å². The molecule has 2 aliphatic heterocycles. The zero-order valence-electron chi connectivity index (χ0n) is 24.6. The van der Waals surface area contributed by atoms with E-state index in [0.29, 0.717) is 51.2 Å². The van der Waals surface area contributed by atoms with Crippen molar-refractivity contribution < 1.29 is 18.9 Å². The van der Waals surface area contributed by atoms with Crippen LogP contribution in [-0.2, 0) is 37.2 Å². The summed E-state index contributed by atoms with van der Waals surface area (Å²) in [7, 11) is 0. The number of hydrogen-bond acceptors (Lipinski definition) is 8. The smallest absolute Gasteiger partial charge is 0.302 e. The summed E-state index contributed by atoms with van der Waals surface area (Å²) in [5.41, 5.74) is 1.43. The molecular weight excluding hydrogens is 650 g/mol. The van der Waals surface area contributed by atoms with Crippen molar-refractivity contribution in [2.75, 3.05) is 13.2 Å². The van der Waals surface area contributed by atoms with Gasteiger partial charge in [0.2, 0.25) is 5.79 Å². The van der Waals surface area contributed by atoms with Crippen molar-refractivity contribution in [2.24, 2.45) is 0 Å². The summed E-state index contributed by atoms with van der Waals surface area (Å²) >= 11 is 24.7. The molecule has 0 aliphatic carbocycles. The van der Waals surface area contributed by atoms with Crippen molar-refractivity contribution in [1.29, 1.82) is 0 Å². The fourth-order valence-corrected chi connectivity index (χ4v) is 6.33. The second kappa shape index (κ2) is 14.4. The number of nitrogens with zero attached hydrogens (tertiary/aromatic N) is 6. The van der Waals surface area contributed by atoms with E-state index in [1.54, 1.807) is 52.4 Å². The van der Waals surface area contributed by atoms with E-state index in [0.717, 1.165) is 31.2 Å². The molecule has 0 N–H and O–H groups in total. The zero-order chi connectivity index (χ0) is 31.3. The predicted octanol–water partition coefficient (Wildman–Crippen LogP) is 7.42. The summed E-state index contributed by atoms with van der Waals surface area (Å²) in [6, 6.07) is 10.6. The number of aromatic nitrogens is 6. The Morgan fingerprint density at radius 2 is 1.48 bits per heavy atom. The van der Waals surface area contributed by atoms with Gasteiger partial charge in [0, 0.05) is 15.6 Å². The number of rotatable bonds is 9. The molecule has 14 heteroatoms. The van der Waals surface area contributed by atoms with Crippen LogP contribution in [0.5, 0.6) is 0 Å². The first-order chi connectivity index (χ1) is 21.2. The minimum absolute atomic E-state index is 0.0127. The SMILES string of the molecule is CCCC1COC(Cn2cncn2)(c2ccc(Cl)cc2Cl)O1.CCCC1COC(c2ccc(Cl)cc2Cl)(n2cnc(C)n2)O1. The highest BCUT2D eigenvalue weighted by Crippen LogP contribution is 2.42. The third kappa shape index (κ3) is 7.24. The lowest BCUT2D eigenvalue weighted by Crippen LogP contribution is -2.37. The highest BCUT2D eigenvalue weighted by Gasteiger charge is 2.48. The van der Waals surface area contributed by atoms with Gasteiger partial charge < -0.3 is 18.9 Å². The molecule has 0 bridgehead atoms. The summed E-state index contributed by atoms with van der Waals surface area (Å²) in [6.07, 6.45) is 8.61. The molecular formula is C30H34Cl4N6O4. The zero-order valence-corrected chi connectivity index (χ0v) is 27.7. The molecule has 4 atom stereocenters. The molecule has 2 saturated heterocycles. The van der Waals surface area contributed by atoms with Crippen LogP contribution in [0.4, 0.5) is 0 Å². The normalized spacial score (nSPS) is 24.8. The van der Waals surface area contributed by atoms with Crippen molar-refractivity contribution in [2.45, 2.75) is 76.9 Å². The second-order valence-corrected chi connectivity index (χ2v) is 12.3. The third-order valence-electron chi connectivity index (χ3n) is 7.23. The molecule has 10 nitrogen and oxygen atoms in total. The predicted molar refractivity (Wildman–Crippen MR) is 168 cm³/mol. The van der Waals surface area contributed by atoms with Gasteiger partial charge in [0.15, 0.2) is 0 Å². The Bertz CT molecular complexity index is 1540. The van der Waals surface area contributed by atoms with E-state index in [1.807, 2.05) is 13.0 Å². The Kier molecular flexibility index (Phi) is 10.9. The molecule has 0 radical (unpaired) electrons. The Morgan fingerprint density at radius 3 is 2.05 bits per heavy atom. The van der Waals surface area contributed by atoms with E-state index in [9.17, 15) is 0 Å². The second-order valence-electron chi connectivity index (χ2n) is 10.6. The standard InChI is InChI=1S/2C15H17Cl2N3O2/c1-3-4-12-8-21-15(22-12,20-9-18-10(2)19-20)13-6-5-11(16)7-14(13)17;1-2-3-12-7-21-15(22-12,8-20-10-18-9-19-20)13-5-4-11(16)6-14(13)17/h5-7,9,12H,3-4,8H2,1-2H3;4-6,9-10,12H,2-3,7-8H2,1H3. The van der Waals surface area contributed by atoms with E-state index in [2.05, 4.69) is 34.0 Å². The van der Waals surface area contributed by atoms with Gasteiger partial charge in [-0.2, -0.15) is 14.9 Å². The number of aryl methyl sites for hydroxylation is 1. The third-order valence-corrected chi connectivity index (χ3v) is 8.33. The van der Waals surface area contributed by atoms with Crippen LogP contribution < -0.4 is 0 Å². The van der Waals surface area contributed by atoms with E-state index in [4.69, 9.17) is 65.4 Å². The number of halogens is 4. The molecule has 44 heavy (non-hydrogen) atoms. The quantitative estimate of drug-likeness (QED) is 0.180. The molecule has 236 valence electrons. The molecule has 4 heterocycles. The minimum Gasteiger partial charge on any atom is -0.342 e. The van der Waals surface area contributed by atoms with Gasteiger partial charge in [-0.15, -0.1) is 0 Å². The first-order valence-corrected chi connectivity index (χ1v) is 15.9. The highest BCUT2D eigenvalue weighted by molar-refractivity contribution is 6.35. The van der Waals surface area contributed by atoms with Crippen molar-refractivity contribution in [3.8, 4) is 0 Å². The highest BCUT2D eigenvalue weighted by atomic mass is 35.5. The molecule has 4 unspecified atom stereocenters. The van der Waals surface area contributed by atoms with Crippen LogP contribution in [0.25, 0.3) is 0 Å². The lowest BCUT2D eigenvalue weighted by molar-refractivity contribution is -0.206. The van der Waals surface area contributed by atoms with Gasteiger partial charge in [0.25, 0.3) is 0 Å². The number of ether oxygens (including phenoxy) is 4. The maximum atomic E-state index is 6.37. The molecule has 6 rings (SSSR count). The van der Waals surface area contributed by atoms with Gasteiger partial charge in [0.05, 0.1) is 41.0 Å². The van der Waals surface area contributed by atoms with Crippen LogP contribution in [0.1, 0.15) is 56.5 Å². The maximum Gasteiger partial charge on any atom is 0.302 e. The number of hydrogen-bond donors (Lipinski definition) is 0. The van der Waals surface area contributed by atoms with Gasteiger partial charge in [-0.25, -0.2) is 14.6 Å². The molecule has 4 aromatic rings. The first-order valence-electron chi connectivity index (χ1n) is 14.4. The summed E-state index contributed by atoms with van der Waals surface area (Å²) in [5, 5.41) is 10.6. The Morgan fingerprint density at radius 1 is 0.841 bits per heavy atom. The van der Waals surface area contributed by atoms with Gasteiger partial charge >= 0.3 is 5.91 Å². The topological polar surface area (TPSA) is 98.3 Å². The Hall–Kier alpha value is -2.28. The average molecular weight is 684 g/mol. The fourth-order valence-electron chi connectivity index (χ4n) is 5.25. The summed E-state index contributed by atoms with van der Waals surface area (Å²) in [5.74, 6) is -1.52. The summed E-state index contributed by atoms with van der Waals surface area (Å²) in [6.45, 7) is 7.43. The van der Waals surface area contributed by atoms with Crippen LogP contribution in [0.3, 0.4) is 0 Å². The maximum absolute atomic E-state index is 6.37. The van der Waals surface area contributed by atoms with Crippen LogP contribution in [0.15, 0.2) is 55.4 Å². The molecule has 2 aliphatic rings. The van der Waals surface area contributed by atoms with E-state index in [1.165, 1.54) is 6.33 Å². The van der Waals surface area contributed by atoms with Crippen molar-refractivity contribution in [3.05, 3.63) is 92.4 Å². The van der Waals surface area contributed by atoms with Gasteiger partial charge in [0.1, 0.15) is 31.4 Å². The molecule has 0 saturated carbocycles. The van der Waals surface area contributed by atoms with E-state index < -0.39 is 11.7 Å². The molecule has 0 amide bonds. The van der Waals surface area contributed by atoms with Crippen LogP contribution in [-0.4, -0.2) is 55.0 Å². The van der Waals surface area contributed by atoms with Crippen molar-refractivity contribution in [3.63, 3.8) is 0 Å². The number of benzene rings is 2.